The zero-order valence-electron chi connectivity index (χ0n) is 15.0. The van der Waals surface area contributed by atoms with Crippen LogP contribution < -0.4 is 10.1 Å². The number of hydrogen-bond donors (Lipinski definition) is 1. The number of methoxy groups -OCH3 is 1. The van der Waals surface area contributed by atoms with Crippen LogP contribution in [0.4, 0.5) is 0 Å². The average molecular weight is 328 g/mol. The fourth-order valence-electron chi connectivity index (χ4n) is 3.23. The third kappa shape index (κ3) is 3.97. The zero-order valence-corrected chi connectivity index (χ0v) is 15.0. The molecule has 0 fully saturated rings. The molecule has 0 saturated heterocycles. The van der Waals surface area contributed by atoms with Crippen molar-refractivity contribution < 1.29 is 4.74 Å². The molecule has 1 aromatic heterocycles. The summed E-state index contributed by atoms with van der Waals surface area (Å²) in [5, 5.41) is 8.43. The number of aromatic nitrogens is 2. The Kier molecular flexibility index (Phi) is 5.53. The van der Waals surface area contributed by atoms with Gasteiger partial charge in [-0.2, -0.15) is 5.10 Å². The van der Waals surface area contributed by atoms with E-state index in [4.69, 9.17) is 9.84 Å². The standard InChI is InChI=1S/C19H28N4O/c1-22(2)12-13-23-19-10-11-20-14-17(19)18(21-23)9-6-15-4-7-16(24-3)8-5-15/h4-5,7-8,20H,6,9-14H2,1-3H3. The third-order valence-electron chi connectivity index (χ3n) is 4.66. The molecule has 2 aromatic rings. The van der Waals surface area contributed by atoms with Crippen molar-refractivity contribution in [3.8, 4) is 5.75 Å². The summed E-state index contributed by atoms with van der Waals surface area (Å²) in [5.74, 6) is 0.910. The van der Waals surface area contributed by atoms with Gasteiger partial charge in [0.1, 0.15) is 5.75 Å². The molecule has 130 valence electrons. The topological polar surface area (TPSA) is 42.3 Å². The molecule has 5 nitrogen and oxygen atoms in total. The number of fused-ring (bicyclic) bond motifs is 1. The molecule has 0 amide bonds. The molecule has 1 aromatic carbocycles. The normalized spacial score (nSPS) is 14.0. The minimum atomic E-state index is 0.910. The lowest BCUT2D eigenvalue weighted by atomic mass is 10.0. The summed E-state index contributed by atoms with van der Waals surface area (Å²) in [7, 11) is 5.93. The Labute approximate surface area is 144 Å². The van der Waals surface area contributed by atoms with Crippen LogP contribution in [0.3, 0.4) is 0 Å². The largest absolute Gasteiger partial charge is 0.497 e. The summed E-state index contributed by atoms with van der Waals surface area (Å²) in [6, 6.07) is 8.35. The zero-order chi connectivity index (χ0) is 16.9. The molecule has 0 atom stereocenters. The lowest BCUT2D eigenvalue weighted by Gasteiger charge is -2.17. The highest BCUT2D eigenvalue weighted by atomic mass is 16.5. The molecule has 0 bridgehead atoms. The molecule has 0 unspecified atom stereocenters. The molecular weight excluding hydrogens is 300 g/mol. The van der Waals surface area contributed by atoms with Gasteiger partial charge in [0.25, 0.3) is 0 Å². The molecule has 0 spiro atoms. The van der Waals surface area contributed by atoms with Crippen LogP contribution in [0.1, 0.15) is 22.5 Å². The smallest absolute Gasteiger partial charge is 0.118 e. The molecule has 0 saturated carbocycles. The van der Waals surface area contributed by atoms with Gasteiger partial charge in [0.05, 0.1) is 19.3 Å². The van der Waals surface area contributed by atoms with Crippen LogP contribution >= 0.6 is 0 Å². The van der Waals surface area contributed by atoms with Crippen LogP contribution in [-0.2, 0) is 32.4 Å². The van der Waals surface area contributed by atoms with Gasteiger partial charge in [-0.15, -0.1) is 0 Å². The summed E-state index contributed by atoms with van der Waals surface area (Å²) in [6.07, 6.45) is 3.09. The van der Waals surface area contributed by atoms with Crippen molar-refractivity contribution in [3.63, 3.8) is 0 Å². The predicted octanol–water partition coefficient (Wildman–Crippen LogP) is 1.88. The molecule has 2 heterocycles. The van der Waals surface area contributed by atoms with E-state index in [0.29, 0.717) is 0 Å². The molecule has 24 heavy (non-hydrogen) atoms. The predicted molar refractivity (Wildman–Crippen MR) is 96.6 cm³/mol. The molecule has 0 aliphatic carbocycles. The lowest BCUT2D eigenvalue weighted by molar-refractivity contribution is 0.367. The van der Waals surface area contributed by atoms with Gasteiger partial charge >= 0.3 is 0 Å². The van der Waals surface area contributed by atoms with E-state index in [1.165, 1.54) is 22.5 Å². The van der Waals surface area contributed by atoms with Crippen molar-refractivity contribution in [3.05, 3.63) is 46.8 Å². The SMILES string of the molecule is COc1ccc(CCc2nn(CCN(C)C)c3c2CNCC3)cc1. The summed E-state index contributed by atoms with van der Waals surface area (Å²) < 4.78 is 7.46. The number of benzene rings is 1. The van der Waals surface area contributed by atoms with Gasteiger partial charge in [-0.1, -0.05) is 12.1 Å². The van der Waals surface area contributed by atoms with Crippen molar-refractivity contribution in [1.29, 1.82) is 0 Å². The Morgan fingerprint density at radius 2 is 2.00 bits per heavy atom. The highest BCUT2D eigenvalue weighted by Crippen LogP contribution is 2.21. The second-order valence-electron chi connectivity index (χ2n) is 6.67. The van der Waals surface area contributed by atoms with Crippen LogP contribution in [0.15, 0.2) is 24.3 Å². The Morgan fingerprint density at radius 1 is 1.21 bits per heavy atom. The van der Waals surface area contributed by atoms with E-state index >= 15 is 0 Å². The molecular formula is C19H28N4O. The molecule has 3 rings (SSSR count). The van der Waals surface area contributed by atoms with Gasteiger partial charge < -0.3 is 15.0 Å². The second-order valence-corrected chi connectivity index (χ2v) is 6.67. The first-order valence-electron chi connectivity index (χ1n) is 8.73. The summed E-state index contributed by atoms with van der Waals surface area (Å²) in [5.41, 5.74) is 5.44. The highest BCUT2D eigenvalue weighted by molar-refractivity contribution is 5.31. The maximum absolute atomic E-state index is 5.23. The van der Waals surface area contributed by atoms with Crippen LogP contribution in [0.2, 0.25) is 0 Å². The monoisotopic (exact) mass is 328 g/mol. The van der Waals surface area contributed by atoms with E-state index in [0.717, 1.165) is 51.2 Å². The third-order valence-corrected chi connectivity index (χ3v) is 4.66. The molecule has 5 heteroatoms. The summed E-state index contributed by atoms with van der Waals surface area (Å²) in [4.78, 5) is 2.21. The van der Waals surface area contributed by atoms with Crippen LogP contribution in [0.5, 0.6) is 5.75 Å². The van der Waals surface area contributed by atoms with E-state index in [1.54, 1.807) is 7.11 Å². The Bertz CT molecular complexity index is 661. The average Bonchev–Trinajstić information content (AvgIpc) is 2.97. The summed E-state index contributed by atoms with van der Waals surface area (Å²) in [6.45, 7) is 4.01. The van der Waals surface area contributed by atoms with E-state index in [1.807, 2.05) is 12.1 Å². The number of nitrogens with one attached hydrogen (secondary N) is 1. The van der Waals surface area contributed by atoms with Crippen LogP contribution in [0.25, 0.3) is 0 Å². The van der Waals surface area contributed by atoms with Crippen molar-refractivity contribution in [2.24, 2.45) is 0 Å². The van der Waals surface area contributed by atoms with Gasteiger partial charge in [-0.05, 0) is 44.6 Å². The molecule has 0 radical (unpaired) electrons. The Morgan fingerprint density at radius 3 is 2.71 bits per heavy atom. The van der Waals surface area contributed by atoms with Gasteiger partial charge in [0.2, 0.25) is 0 Å². The quantitative estimate of drug-likeness (QED) is 0.843. The van der Waals surface area contributed by atoms with E-state index < -0.39 is 0 Å². The number of ether oxygens (including phenoxy) is 1. The maximum Gasteiger partial charge on any atom is 0.118 e. The first-order valence-corrected chi connectivity index (χ1v) is 8.73. The molecule has 1 N–H and O–H groups in total. The maximum atomic E-state index is 5.23. The first kappa shape index (κ1) is 17.0. The minimum absolute atomic E-state index is 0.910. The van der Waals surface area contributed by atoms with E-state index in [9.17, 15) is 0 Å². The van der Waals surface area contributed by atoms with Crippen molar-refractivity contribution in [2.45, 2.75) is 32.4 Å². The van der Waals surface area contributed by atoms with Gasteiger partial charge in [0.15, 0.2) is 0 Å². The van der Waals surface area contributed by atoms with Crippen molar-refractivity contribution >= 4 is 0 Å². The highest BCUT2D eigenvalue weighted by Gasteiger charge is 2.20. The Hall–Kier alpha value is -1.85. The number of rotatable bonds is 7. The van der Waals surface area contributed by atoms with Crippen molar-refractivity contribution in [1.82, 2.24) is 20.0 Å². The molecule has 1 aliphatic heterocycles. The van der Waals surface area contributed by atoms with Crippen molar-refractivity contribution in [2.75, 3.05) is 34.3 Å². The lowest BCUT2D eigenvalue weighted by Crippen LogP contribution is -2.26. The van der Waals surface area contributed by atoms with E-state index in [2.05, 4.69) is 41.1 Å². The number of hydrogen-bond acceptors (Lipinski definition) is 4. The second kappa shape index (κ2) is 7.81. The van der Waals surface area contributed by atoms with E-state index in [-0.39, 0.29) is 0 Å². The van der Waals surface area contributed by atoms with Gasteiger partial charge in [-0.25, -0.2) is 0 Å². The van der Waals surface area contributed by atoms with Gasteiger partial charge in [-0.3, -0.25) is 4.68 Å². The number of aryl methyl sites for hydroxylation is 2. The van der Waals surface area contributed by atoms with Crippen LogP contribution in [0, 0.1) is 0 Å². The minimum Gasteiger partial charge on any atom is -0.497 e. The fraction of sp³-hybridized carbons (Fsp3) is 0.526. The fourth-order valence-corrected chi connectivity index (χ4v) is 3.23. The number of likely N-dealkylation sites (N-methyl/N-ethyl adjacent to an activating group) is 1. The molecule has 1 aliphatic rings. The number of nitrogens with zero attached hydrogens (tertiary/aromatic N) is 3. The Balaban J connectivity index is 1.72. The summed E-state index contributed by atoms with van der Waals surface area (Å²) >= 11 is 0. The first-order chi connectivity index (χ1) is 11.7. The van der Waals surface area contributed by atoms with Crippen LogP contribution in [-0.4, -0.2) is 49.0 Å². The van der Waals surface area contributed by atoms with Gasteiger partial charge in [0, 0.05) is 37.3 Å².